The number of benzene rings is 1. The maximum atomic E-state index is 12.9. The van der Waals surface area contributed by atoms with Gasteiger partial charge < -0.3 is 10.3 Å². The molecule has 0 aliphatic carbocycles. The van der Waals surface area contributed by atoms with E-state index in [4.69, 9.17) is 0 Å². The van der Waals surface area contributed by atoms with Crippen molar-refractivity contribution in [1.82, 2.24) is 15.3 Å². The average molecular weight is 233 g/mol. The summed E-state index contributed by atoms with van der Waals surface area (Å²) in [5.41, 5.74) is 1.91. The summed E-state index contributed by atoms with van der Waals surface area (Å²) >= 11 is 0. The largest absolute Gasteiger partial charge is 0.347 e. The molecular formula is C12H12FN3O. The molecule has 2 aromatic rings. The third kappa shape index (κ3) is 2.69. The zero-order chi connectivity index (χ0) is 12.3. The number of rotatable bonds is 3. The highest BCUT2D eigenvalue weighted by Crippen LogP contribution is 2.10. The number of aromatic amines is 1. The van der Waals surface area contributed by atoms with E-state index >= 15 is 0 Å². The molecule has 1 aromatic carbocycles. The Morgan fingerprint density at radius 3 is 3.00 bits per heavy atom. The lowest BCUT2D eigenvalue weighted by molar-refractivity contribution is 0.0950. The minimum Gasteiger partial charge on any atom is -0.347 e. The minimum atomic E-state index is -0.340. The average Bonchev–Trinajstić information content (AvgIpc) is 2.78. The maximum Gasteiger partial charge on any atom is 0.251 e. The van der Waals surface area contributed by atoms with Crippen LogP contribution in [0.4, 0.5) is 4.39 Å². The molecule has 5 heteroatoms. The van der Waals surface area contributed by atoms with Gasteiger partial charge in [0.1, 0.15) is 5.82 Å². The summed E-state index contributed by atoms with van der Waals surface area (Å²) < 4.78 is 12.9. The standard InChI is InChI=1S/C12H12FN3O/c1-8-4-9(13)2-3-11(8)12(17)15-6-10-5-14-7-16-10/h2-5,7H,6H2,1H3,(H,14,16)(H,15,17). The molecule has 0 aliphatic heterocycles. The lowest BCUT2D eigenvalue weighted by Crippen LogP contribution is -2.23. The number of aromatic nitrogens is 2. The van der Waals surface area contributed by atoms with Gasteiger partial charge in [0.2, 0.25) is 0 Å². The van der Waals surface area contributed by atoms with Gasteiger partial charge in [-0.3, -0.25) is 4.79 Å². The first kappa shape index (κ1) is 11.3. The van der Waals surface area contributed by atoms with Gasteiger partial charge in [0.05, 0.1) is 18.6 Å². The SMILES string of the molecule is Cc1cc(F)ccc1C(=O)NCc1cnc[nH]1. The van der Waals surface area contributed by atoms with Crippen molar-refractivity contribution in [3.63, 3.8) is 0 Å². The number of carbonyl (C=O) groups excluding carboxylic acids is 1. The van der Waals surface area contributed by atoms with Gasteiger partial charge in [0.15, 0.2) is 0 Å². The topological polar surface area (TPSA) is 57.8 Å². The molecule has 0 saturated carbocycles. The van der Waals surface area contributed by atoms with Crippen molar-refractivity contribution < 1.29 is 9.18 Å². The molecule has 88 valence electrons. The number of aryl methyl sites for hydroxylation is 1. The van der Waals surface area contributed by atoms with E-state index in [1.54, 1.807) is 19.4 Å². The van der Waals surface area contributed by atoms with Gasteiger partial charge in [0, 0.05) is 11.8 Å². The number of imidazole rings is 1. The number of amides is 1. The molecule has 0 aliphatic rings. The van der Waals surface area contributed by atoms with Crippen LogP contribution in [0.1, 0.15) is 21.6 Å². The quantitative estimate of drug-likeness (QED) is 0.849. The zero-order valence-electron chi connectivity index (χ0n) is 9.33. The monoisotopic (exact) mass is 233 g/mol. The maximum absolute atomic E-state index is 12.9. The Bertz CT molecular complexity index is 523. The number of nitrogens with one attached hydrogen (secondary N) is 2. The fraction of sp³-hybridized carbons (Fsp3) is 0.167. The van der Waals surface area contributed by atoms with E-state index in [-0.39, 0.29) is 11.7 Å². The van der Waals surface area contributed by atoms with Crippen LogP contribution >= 0.6 is 0 Å². The van der Waals surface area contributed by atoms with Crippen molar-refractivity contribution in [2.24, 2.45) is 0 Å². The summed E-state index contributed by atoms with van der Waals surface area (Å²) in [4.78, 5) is 18.5. The van der Waals surface area contributed by atoms with Crippen LogP contribution < -0.4 is 5.32 Å². The van der Waals surface area contributed by atoms with Crippen LogP contribution in [0.3, 0.4) is 0 Å². The van der Waals surface area contributed by atoms with E-state index in [0.717, 1.165) is 5.69 Å². The molecule has 0 atom stereocenters. The van der Waals surface area contributed by atoms with Crippen molar-refractivity contribution in [3.8, 4) is 0 Å². The smallest absolute Gasteiger partial charge is 0.251 e. The summed E-state index contributed by atoms with van der Waals surface area (Å²) in [6.45, 7) is 2.07. The van der Waals surface area contributed by atoms with E-state index in [0.29, 0.717) is 17.7 Å². The molecule has 1 amide bonds. The van der Waals surface area contributed by atoms with Crippen molar-refractivity contribution in [1.29, 1.82) is 0 Å². The molecule has 2 N–H and O–H groups in total. The Labute approximate surface area is 97.9 Å². The van der Waals surface area contributed by atoms with Crippen molar-refractivity contribution in [2.45, 2.75) is 13.5 Å². The first-order valence-corrected chi connectivity index (χ1v) is 5.18. The fourth-order valence-electron chi connectivity index (χ4n) is 1.53. The third-order valence-corrected chi connectivity index (χ3v) is 2.43. The highest BCUT2D eigenvalue weighted by molar-refractivity contribution is 5.95. The summed E-state index contributed by atoms with van der Waals surface area (Å²) in [6, 6.07) is 4.09. The molecular weight excluding hydrogens is 221 g/mol. The Morgan fingerprint density at radius 1 is 1.53 bits per heavy atom. The fourth-order valence-corrected chi connectivity index (χ4v) is 1.53. The molecule has 0 spiro atoms. The Balaban J connectivity index is 2.04. The highest BCUT2D eigenvalue weighted by atomic mass is 19.1. The van der Waals surface area contributed by atoms with Crippen LogP contribution in [-0.4, -0.2) is 15.9 Å². The summed E-state index contributed by atoms with van der Waals surface area (Å²) in [6.07, 6.45) is 3.18. The molecule has 0 fully saturated rings. The van der Waals surface area contributed by atoms with Gasteiger partial charge in [-0.2, -0.15) is 0 Å². The normalized spacial score (nSPS) is 10.2. The summed E-state index contributed by atoms with van der Waals surface area (Å²) in [7, 11) is 0. The Kier molecular flexibility index (Phi) is 3.18. The molecule has 0 bridgehead atoms. The van der Waals surface area contributed by atoms with Gasteiger partial charge in [-0.25, -0.2) is 9.37 Å². The second kappa shape index (κ2) is 4.78. The summed E-state index contributed by atoms with van der Waals surface area (Å²) in [5, 5.41) is 2.73. The minimum absolute atomic E-state index is 0.225. The van der Waals surface area contributed by atoms with Crippen LogP contribution in [0.5, 0.6) is 0 Å². The molecule has 17 heavy (non-hydrogen) atoms. The molecule has 1 aromatic heterocycles. The van der Waals surface area contributed by atoms with Crippen LogP contribution in [0, 0.1) is 12.7 Å². The van der Waals surface area contributed by atoms with Gasteiger partial charge in [-0.15, -0.1) is 0 Å². The van der Waals surface area contributed by atoms with E-state index in [9.17, 15) is 9.18 Å². The predicted molar refractivity (Wildman–Crippen MR) is 60.9 cm³/mol. The molecule has 2 rings (SSSR count). The molecule has 4 nitrogen and oxygen atoms in total. The Morgan fingerprint density at radius 2 is 2.35 bits per heavy atom. The lowest BCUT2D eigenvalue weighted by Gasteiger charge is -2.06. The molecule has 0 unspecified atom stereocenters. The Hall–Kier alpha value is -2.17. The van der Waals surface area contributed by atoms with Crippen LogP contribution in [0.15, 0.2) is 30.7 Å². The lowest BCUT2D eigenvalue weighted by atomic mass is 10.1. The number of hydrogen-bond acceptors (Lipinski definition) is 2. The van der Waals surface area contributed by atoms with Crippen LogP contribution in [0.2, 0.25) is 0 Å². The number of halogens is 1. The van der Waals surface area contributed by atoms with Crippen molar-refractivity contribution >= 4 is 5.91 Å². The predicted octanol–water partition coefficient (Wildman–Crippen LogP) is 1.79. The molecule has 1 heterocycles. The van der Waals surface area contributed by atoms with Crippen molar-refractivity contribution in [3.05, 3.63) is 53.4 Å². The second-order valence-corrected chi connectivity index (χ2v) is 3.72. The van der Waals surface area contributed by atoms with E-state index in [1.807, 2.05) is 0 Å². The number of nitrogens with zero attached hydrogens (tertiary/aromatic N) is 1. The molecule has 0 saturated heterocycles. The second-order valence-electron chi connectivity index (χ2n) is 3.72. The zero-order valence-corrected chi connectivity index (χ0v) is 9.33. The summed E-state index contributed by atoms with van der Waals surface area (Å²) in [5.74, 6) is -0.565. The number of hydrogen-bond donors (Lipinski definition) is 2. The van der Waals surface area contributed by atoms with Crippen LogP contribution in [-0.2, 0) is 6.54 Å². The van der Waals surface area contributed by atoms with E-state index in [2.05, 4.69) is 15.3 Å². The molecule has 0 radical (unpaired) electrons. The van der Waals surface area contributed by atoms with E-state index in [1.165, 1.54) is 18.2 Å². The van der Waals surface area contributed by atoms with Gasteiger partial charge in [-0.05, 0) is 30.7 Å². The van der Waals surface area contributed by atoms with Crippen LogP contribution in [0.25, 0.3) is 0 Å². The highest BCUT2D eigenvalue weighted by Gasteiger charge is 2.09. The first-order chi connectivity index (χ1) is 8.16. The van der Waals surface area contributed by atoms with Gasteiger partial charge in [0.25, 0.3) is 5.91 Å². The first-order valence-electron chi connectivity index (χ1n) is 5.18. The third-order valence-electron chi connectivity index (χ3n) is 2.43. The van der Waals surface area contributed by atoms with Gasteiger partial charge >= 0.3 is 0 Å². The van der Waals surface area contributed by atoms with Gasteiger partial charge in [-0.1, -0.05) is 0 Å². The number of carbonyl (C=O) groups is 1. The van der Waals surface area contributed by atoms with E-state index < -0.39 is 0 Å². The van der Waals surface area contributed by atoms with Crippen molar-refractivity contribution in [2.75, 3.05) is 0 Å². The number of H-pyrrole nitrogens is 1.